The number of anilines is 1. The maximum atomic E-state index is 12.2. The summed E-state index contributed by atoms with van der Waals surface area (Å²) in [6.07, 6.45) is 3.59. The first-order valence-corrected chi connectivity index (χ1v) is 7.08. The molecule has 2 rings (SSSR count). The van der Waals surface area contributed by atoms with Gasteiger partial charge in [-0.2, -0.15) is 0 Å². The van der Waals surface area contributed by atoms with Crippen molar-refractivity contribution >= 4 is 22.9 Å². The molecule has 0 aliphatic carbocycles. The molecule has 1 aliphatic rings. The topological polar surface area (TPSA) is 46.3 Å². The number of rotatable bonds is 3. The Morgan fingerprint density at radius 3 is 3.00 bits per heavy atom. The Balaban J connectivity index is 2.02. The number of carbonyl (C=O) groups excluding carboxylic acids is 1. The van der Waals surface area contributed by atoms with E-state index in [1.54, 1.807) is 0 Å². The molecule has 0 spiro atoms. The molecule has 0 saturated carbocycles. The van der Waals surface area contributed by atoms with E-state index in [1.165, 1.54) is 24.2 Å². The largest absolute Gasteiger partial charge is 0.398 e. The van der Waals surface area contributed by atoms with E-state index in [0.29, 0.717) is 5.92 Å². The van der Waals surface area contributed by atoms with Crippen LogP contribution >= 0.6 is 11.3 Å². The number of hydrogen-bond acceptors (Lipinski definition) is 3. The maximum Gasteiger partial charge on any atom is 0.264 e. The SMILES string of the molecule is CCCC1CCN(C(=O)c2cc(N)c(C)s2)C1. The fraction of sp³-hybridized carbons (Fsp3) is 0.615. The van der Waals surface area contributed by atoms with Crippen LogP contribution in [-0.4, -0.2) is 23.9 Å². The summed E-state index contributed by atoms with van der Waals surface area (Å²) < 4.78 is 0. The molecule has 1 aliphatic heterocycles. The smallest absolute Gasteiger partial charge is 0.264 e. The van der Waals surface area contributed by atoms with E-state index in [4.69, 9.17) is 5.73 Å². The van der Waals surface area contributed by atoms with Gasteiger partial charge in [0.2, 0.25) is 0 Å². The number of nitrogens with zero attached hydrogens (tertiary/aromatic N) is 1. The molecule has 0 bridgehead atoms. The Morgan fingerprint density at radius 2 is 2.41 bits per heavy atom. The molecule has 2 N–H and O–H groups in total. The van der Waals surface area contributed by atoms with Crippen LogP contribution in [0.2, 0.25) is 0 Å². The molecule has 0 radical (unpaired) electrons. The molecular formula is C13H20N2OS. The summed E-state index contributed by atoms with van der Waals surface area (Å²) in [5.74, 6) is 0.857. The minimum atomic E-state index is 0.161. The summed E-state index contributed by atoms with van der Waals surface area (Å²) in [6.45, 7) is 5.98. The van der Waals surface area contributed by atoms with Crippen LogP contribution in [-0.2, 0) is 0 Å². The molecule has 94 valence electrons. The quantitative estimate of drug-likeness (QED) is 0.899. The molecule has 0 aromatic carbocycles. The van der Waals surface area contributed by atoms with Crippen LogP contribution in [0, 0.1) is 12.8 Å². The fourth-order valence-electron chi connectivity index (χ4n) is 2.42. The van der Waals surface area contributed by atoms with Crippen LogP contribution in [0.5, 0.6) is 0 Å². The highest BCUT2D eigenvalue weighted by Crippen LogP contribution is 2.28. The van der Waals surface area contributed by atoms with Gasteiger partial charge in [0.05, 0.1) is 4.88 Å². The summed E-state index contributed by atoms with van der Waals surface area (Å²) in [6, 6.07) is 1.81. The first kappa shape index (κ1) is 12.4. The Kier molecular flexibility index (Phi) is 3.72. The van der Waals surface area contributed by atoms with Crippen molar-refractivity contribution in [2.24, 2.45) is 5.92 Å². The zero-order valence-corrected chi connectivity index (χ0v) is 11.3. The Morgan fingerprint density at radius 1 is 1.65 bits per heavy atom. The van der Waals surface area contributed by atoms with Gasteiger partial charge < -0.3 is 10.6 Å². The van der Waals surface area contributed by atoms with Crippen molar-refractivity contribution in [1.82, 2.24) is 4.90 Å². The minimum absolute atomic E-state index is 0.161. The van der Waals surface area contributed by atoms with Gasteiger partial charge in [-0.05, 0) is 31.7 Å². The van der Waals surface area contributed by atoms with Gasteiger partial charge in [0, 0.05) is 23.7 Å². The predicted molar refractivity (Wildman–Crippen MR) is 72.4 cm³/mol. The summed E-state index contributed by atoms with van der Waals surface area (Å²) >= 11 is 1.51. The van der Waals surface area contributed by atoms with Crippen molar-refractivity contribution in [3.05, 3.63) is 15.8 Å². The van der Waals surface area contributed by atoms with Gasteiger partial charge >= 0.3 is 0 Å². The lowest BCUT2D eigenvalue weighted by Crippen LogP contribution is -2.27. The van der Waals surface area contributed by atoms with Gasteiger partial charge in [-0.1, -0.05) is 13.3 Å². The average Bonchev–Trinajstić information content (AvgIpc) is 2.87. The standard InChI is InChI=1S/C13H20N2OS/c1-3-4-10-5-6-15(8-10)13(16)12-7-11(14)9(2)17-12/h7,10H,3-6,8,14H2,1-2H3. The van der Waals surface area contributed by atoms with Crippen molar-refractivity contribution < 1.29 is 4.79 Å². The van der Waals surface area contributed by atoms with Crippen LogP contribution in [0.25, 0.3) is 0 Å². The highest BCUT2D eigenvalue weighted by molar-refractivity contribution is 7.14. The van der Waals surface area contributed by atoms with Gasteiger partial charge in [0.25, 0.3) is 5.91 Å². The van der Waals surface area contributed by atoms with Crippen LogP contribution in [0.1, 0.15) is 40.7 Å². The molecular weight excluding hydrogens is 232 g/mol. The van der Waals surface area contributed by atoms with Crippen molar-refractivity contribution in [2.45, 2.75) is 33.1 Å². The second kappa shape index (κ2) is 5.08. The zero-order chi connectivity index (χ0) is 12.4. The molecule has 3 nitrogen and oxygen atoms in total. The Bertz CT molecular complexity index is 394. The molecule has 1 aromatic rings. The summed E-state index contributed by atoms with van der Waals surface area (Å²) in [4.78, 5) is 16.0. The van der Waals surface area contributed by atoms with Gasteiger partial charge in [-0.3, -0.25) is 4.79 Å². The average molecular weight is 252 g/mol. The van der Waals surface area contributed by atoms with Crippen LogP contribution < -0.4 is 5.73 Å². The molecule has 1 fully saturated rings. The molecule has 1 atom stereocenters. The third-order valence-electron chi connectivity index (χ3n) is 3.44. The lowest BCUT2D eigenvalue weighted by Gasteiger charge is -2.15. The number of carbonyl (C=O) groups is 1. The number of likely N-dealkylation sites (tertiary alicyclic amines) is 1. The van der Waals surface area contributed by atoms with E-state index in [-0.39, 0.29) is 5.91 Å². The normalized spacial score (nSPS) is 19.9. The van der Waals surface area contributed by atoms with Crippen LogP contribution in [0.15, 0.2) is 6.07 Å². The van der Waals surface area contributed by atoms with Crippen molar-refractivity contribution in [3.8, 4) is 0 Å². The summed E-state index contributed by atoms with van der Waals surface area (Å²) in [5, 5.41) is 0. The molecule has 2 heterocycles. The highest BCUT2D eigenvalue weighted by Gasteiger charge is 2.27. The summed E-state index contributed by atoms with van der Waals surface area (Å²) in [7, 11) is 0. The van der Waals surface area contributed by atoms with E-state index in [2.05, 4.69) is 6.92 Å². The maximum absolute atomic E-state index is 12.2. The Labute approximate surface area is 107 Å². The minimum Gasteiger partial charge on any atom is -0.398 e. The zero-order valence-electron chi connectivity index (χ0n) is 10.5. The van der Waals surface area contributed by atoms with Crippen molar-refractivity contribution in [3.63, 3.8) is 0 Å². The number of nitrogen functional groups attached to an aromatic ring is 1. The lowest BCUT2D eigenvalue weighted by atomic mass is 10.0. The van der Waals surface area contributed by atoms with Crippen molar-refractivity contribution in [1.29, 1.82) is 0 Å². The lowest BCUT2D eigenvalue weighted by molar-refractivity contribution is 0.0791. The molecule has 1 aromatic heterocycles. The van der Waals surface area contributed by atoms with E-state index in [0.717, 1.165) is 35.0 Å². The number of hydrogen-bond donors (Lipinski definition) is 1. The van der Waals surface area contributed by atoms with Gasteiger partial charge in [0.15, 0.2) is 0 Å². The number of thiophene rings is 1. The van der Waals surface area contributed by atoms with Crippen molar-refractivity contribution in [2.75, 3.05) is 18.8 Å². The third-order valence-corrected chi connectivity index (χ3v) is 4.49. The monoisotopic (exact) mass is 252 g/mol. The molecule has 1 amide bonds. The molecule has 1 saturated heterocycles. The van der Waals surface area contributed by atoms with E-state index in [1.807, 2.05) is 17.9 Å². The fourth-order valence-corrected chi connectivity index (χ4v) is 3.33. The molecule has 4 heteroatoms. The first-order valence-electron chi connectivity index (χ1n) is 6.27. The first-order chi connectivity index (χ1) is 8.11. The molecule has 17 heavy (non-hydrogen) atoms. The molecule has 1 unspecified atom stereocenters. The van der Waals surface area contributed by atoms with Crippen LogP contribution in [0.4, 0.5) is 5.69 Å². The van der Waals surface area contributed by atoms with Gasteiger partial charge in [-0.15, -0.1) is 11.3 Å². The van der Waals surface area contributed by atoms with Gasteiger partial charge in [-0.25, -0.2) is 0 Å². The van der Waals surface area contributed by atoms with E-state index >= 15 is 0 Å². The van der Waals surface area contributed by atoms with Gasteiger partial charge in [0.1, 0.15) is 0 Å². The van der Waals surface area contributed by atoms with Crippen LogP contribution in [0.3, 0.4) is 0 Å². The van der Waals surface area contributed by atoms with E-state index in [9.17, 15) is 4.79 Å². The highest BCUT2D eigenvalue weighted by atomic mass is 32.1. The third kappa shape index (κ3) is 2.63. The second-order valence-corrected chi connectivity index (χ2v) is 6.07. The summed E-state index contributed by atoms with van der Waals surface area (Å²) in [5.41, 5.74) is 6.53. The Hall–Kier alpha value is -1.03. The number of nitrogens with two attached hydrogens (primary N) is 1. The second-order valence-electron chi connectivity index (χ2n) is 4.82. The van der Waals surface area contributed by atoms with E-state index < -0.39 is 0 Å². The number of amides is 1. The predicted octanol–water partition coefficient (Wildman–Crippen LogP) is 2.90. The number of aryl methyl sites for hydroxylation is 1.